The van der Waals surface area contributed by atoms with Crippen LogP contribution in [0.3, 0.4) is 0 Å². The molecule has 0 radical (unpaired) electrons. The lowest BCUT2D eigenvalue weighted by Crippen LogP contribution is -2.22. The summed E-state index contributed by atoms with van der Waals surface area (Å²) in [5.41, 5.74) is 4.84. The first-order chi connectivity index (χ1) is 12.8. The van der Waals surface area contributed by atoms with E-state index in [1.54, 1.807) is 7.11 Å². The van der Waals surface area contributed by atoms with E-state index in [4.69, 9.17) is 9.47 Å². The van der Waals surface area contributed by atoms with E-state index in [0.29, 0.717) is 0 Å². The fraction of sp³-hybridized carbons (Fsp3) is 0.273. The molecule has 1 aromatic heterocycles. The van der Waals surface area contributed by atoms with Crippen molar-refractivity contribution in [3.05, 3.63) is 78.1 Å². The minimum absolute atomic E-state index is 0.0398. The van der Waals surface area contributed by atoms with Crippen molar-refractivity contribution >= 4 is 5.69 Å². The van der Waals surface area contributed by atoms with Gasteiger partial charge in [0.05, 0.1) is 13.7 Å². The molecule has 2 aromatic carbocycles. The maximum Gasteiger partial charge on any atom is 0.158 e. The highest BCUT2D eigenvalue weighted by Gasteiger charge is 2.27. The third kappa shape index (κ3) is 3.20. The fourth-order valence-corrected chi connectivity index (χ4v) is 3.41. The molecule has 3 aromatic rings. The van der Waals surface area contributed by atoms with Crippen molar-refractivity contribution in [3.63, 3.8) is 0 Å². The molecule has 2 heterocycles. The van der Waals surface area contributed by atoms with Crippen LogP contribution in [0.15, 0.2) is 67.0 Å². The first kappa shape index (κ1) is 16.7. The number of anilines is 1. The summed E-state index contributed by atoms with van der Waals surface area (Å²) in [6.07, 6.45) is 5.25. The number of aryl methyl sites for hydroxylation is 1. The Kier molecular flexibility index (Phi) is 4.67. The van der Waals surface area contributed by atoms with Crippen molar-refractivity contribution in [2.45, 2.75) is 19.6 Å². The number of ether oxygens (including phenoxy) is 2. The molecule has 0 N–H and O–H groups in total. The summed E-state index contributed by atoms with van der Waals surface area (Å²) in [5.74, 6) is 0.863. The summed E-state index contributed by atoms with van der Waals surface area (Å²) >= 11 is 0. The topological polar surface area (TPSA) is 26.6 Å². The van der Waals surface area contributed by atoms with Crippen LogP contribution in [0.1, 0.15) is 24.3 Å². The lowest BCUT2D eigenvalue weighted by Gasteiger charge is -2.24. The predicted octanol–water partition coefficient (Wildman–Crippen LogP) is 4.58. The van der Waals surface area contributed by atoms with Gasteiger partial charge in [-0.2, -0.15) is 0 Å². The number of nitrogens with zero attached hydrogens (tertiary/aromatic N) is 2. The van der Waals surface area contributed by atoms with Gasteiger partial charge in [0.1, 0.15) is 5.75 Å². The highest BCUT2D eigenvalue weighted by molar-refractivity contribution is 5.50. The van der Waals surface area contributed by atoms with E-state index in [2.05, 4.69) is 71.2 Å². The van der Waals surface area contributed by atoms with Crippen LogP contribution < -0.4 is 9.64 Å². The van der Waals surface area contributed by atoms with E-state index in [1.165, 1.54) is 11.3 Å². The molecule has 1 atom stereocenters. The zero-order valence-corrected chi connectivity index (χ0v) is 15.3. The maximum absolute atomic E-state index is 6.04. The molecule has 1 fully saturated rings. The monoisotopic (exact) mass is 348 g/mol. The van der Waals surface area contributed by atoms with E-state index >= 15 is 0 Å². The highest BCUT2D eigenvalue weighted by Crippen LogP contribution is 2.33. The van der Waals surface area contributed by atoms with Crippen LogP contribution in [-0.2, 0) is 11.2 Å². The van der Waals surface area contributed by atoms with E-state index in [9.17, 15) is 0 Å². The predicted molar refractivity (Wildman–Crippen MR) is 104 cm³/mol. The van der Waals surface area contributed by atoms with Crippen LogP contribution in [0.5, 0.6) is 5.75 Å². The molecule has 0 bridgehead atoms. The Morgan fingerprint density at radius 1 is 1.00 bits per heavy atom. The molecule has 134 valence electrons. The Balaban J connectivity index is 1.57. The van der Waals surface area contributed by atoms with E-state index in [1.807, 2.05) is 12.1 Å². The van der Waals surface area contributed by atoms with Crippen LogP contribution in [-0.4, -0.2) is 24.8 Å². The SMILES string of the molecule is CCc1ccc(N2CCO[C@@H]2c2ccn(-c3ccc(OC)cc3)c2)cc1. The molecule has 4 rings (SSSR count). The van der Waals surface area contributed by atoms with Gasteiger partial charge in [-0.25, -0.2) is 0 Å². The Bertz CT molecular complexity index is 853. The first-order valence-corrected chi connectivity index (χ1v) is 9.08. The van der Waals surface area contributed by atoms with Crippen LogP contribution in [0.4, 0.5) is 5.69 Å². The third-order valence-corrected chi connectivity index (χ3v) is 4.94. The number of hydrogen-bond donors (Lipinski definition) is 0. The fourth-order valence-electron chi connectivity index (χ4n) is 3.41. The van der Waals surface area contributed by atoms with Crippen molar-refractivity contribution in [3.8, 4) is 11.4 Å². The number of rotatable bonds is 5. The summed E-state index contributed by atoms with van der Waals surface area (Å²) in [7, 11) is 1.68. The van der Waals surface area contributed by atoms with Crippen molar-refractivity contribution in [1.82, 2.24) is 4.57 Å². The van der Waals surface area contributed by atoms with E-state index < -0.39 is 0 Å². The second-order valence-corrected chi connectivity index (χ2v) is 6.49. The van der Waals surface area contributed by atoms with Crippen LogP contribution in [0, 0.1) is 0 Å². The molecule has 1 saturated heterocycles. The van der Waals surface area contributed by atoms with Gasteiger partial charge in [-0.1, -0.05) is 19.1 Å². The zero-order chi connectivity index (χ0) is 17.9. The average molecular weight is 348 g/mol. The third-order valence-electron chi connectivity index (χ3n) is 4.94. The van der Waals surface area contributed by atoms with Gasteiger partial charge in [0, 0.05) is 35.9 Å². The largest absolute Gasteiger partial charge is 0.497 e. The molecule has 1 aliphatic rings. The van der Waals surface area contributed by atoms with Crippen molar-refractivity contribution in [2.75, 3.05) is 25.2 Å². The Hall–Kier alpha value is -2.72. The quantitative estimate of drug-likeness (QED) is 0.675. The summed E-state index contributed by atoms with van der Waals surface area (Å²) in [5, 5.41) is 0. The van der Waals surface area contributed by atoms with E-state index in [0.717, 1.165) is 36.6 Å². The van der Waals surface area contributed by atoms with Crippen molar-refractivity contribution in [1.29, 1.82) is 0 Å². The maximum atomic E-state index is 6.04. The van der Waals surface area contributed by atoms with Gasteiger partial charge in [0.15, 0.2) is 6.23 Å². The minimum Gasteiger partial charge on any atom is -0.497 e. The lowest BCUT2D eigenvalue weighted by atomic mass is 10.1. The molecule has 0 saturated carbocycles. The summed E-state index contributed by atoms with van der Waals surface area (Å²) < 4.78 is 13.4. The standard InChI is InChI=1S/C22H24N2O2/c1-3-17-4-6-20(7-5-17)24-14-15-26-22(24)18-12-13-23(16-18)19-8-10-21(25-2)11-9-19/h4-13,16,22H,3,14-15H2,1-2H3/t22-/m1/s1. The van der Waals surface area contributed by atoms with Gasteiger partial charge in [-0.3, -0.25) is 0 Å². The molecule has 0 amide bonds. The summed E-state index contributed by atoms with van der Waals surface area (Å²) in [4.78, 5) is 2.33. The second-order valence-electron chi connectivity index (χ2n) is 6.49. The van der Waals surface area contributed by atoms with Gasteiger partial charge in [0.25, 0.3) is 0 Å². The van der Waals surface area contributed by atoms with Crippen LogP contribution in [0.2, 0.25) is 0 Å². The molecule has 4 heteroatoms. The van der Waals surface area contributed by atoms with Gasteiger partial charge in [-0.15, -0.1) is 0 Å². The van der Waals surface area contributed by atoms with Crippen molar-refractivity contribution in [2.24, 2.45) is 0 Å². The Labute approximate surface area is 154 Å². The normalized spacial score (nSPS) is 16.8. The molecule has 1 aliphatic heterocycles. The zero-order valence-electron chi connectivity index (χ0n) is 15.3. The van der Waals surface area contributed by atoms with Gasteiger partial charge >= 0.3 is 0 Å². The number of benzene rings is 2. The van der Waals surface area contributed by atoms with Crippen molar-refractivity contribution < 1.29 is 9.47 Å². The molecular weight excluding hydrogens is 324 g/mol. The summed E-state index contributed by atoms with van der Waals surface area (Å²) in [6, 6.07) is 19.0. The van der Waals surface area contributed by atoms with Gasteiger partial charge in [0.2, 0.25) is 0 Å². The number of methoxy groups -OCH3 is 1. The second kappa shape index (κ2) is 7.26. The minimum atomic E-state index is -0.0398. The first-order valence-electron chi connectivity index (χ1n) is 9.08. The molecule has 26 heavy (non-hydrogen) atoms. The lowest BCUT2D eigenvalue weighted by molar-refractivity contribution is 0.114. The summed E-state index contributed by atoms with van der Waals surface area (Å²) in [6.45, 7) is 3.83. The Morgan fingerprint density at radius 2 is 1.73 bits per heavy atom. The molecular formula is C22H24N2O2. The molecule has 0 aliphatic carbocycles. The Morgan fingerprint density at radius 3 is 2.42 bits per heavy atom. The van der Waals surface area contributed by atoms with E-state index in [-0.39, 0.29) is 6.23 Å². The van der Waals surface area contributed by atoms with Gasteiger partial charge in [-0.05, 0) is 54.4 Å². The van der Waals surface area contributed by atoms with Crippen LogP contribution >= 0.6 is 0 Å². The highest BCUT2D eigenvalue weighted by atomic mass is 16.5. The molecule has 0 spiro atoms. The number of aromatic nitrogens is 1. The molecule has 0 unspecified atom stereocenters. The average Bonchev–Trinajstić information content (AvgIpc) is 3.37. The van der Waals surface area contributed by atoms with Gasteiger partial charge < -0.3 is 18.9 Å². The molecule has 4 nitrogen and oxygen atoms in total. The van der Waals surface area contributed by atoms with Crippen LogP contribution in [0.25, 0.3) is 5.69 Å². The smallest absolute Gasteiger partial charge is 0.158 e. The number of hydrogen-bond acceptors (Lipinski definition) is 3.